The van der Waals surface area contributed by atoms with Crippen LogP contribution in [0.15, 0.2) is 0 Å². The summed E-state index contributed by atoms with van der Waals surface area (Å²) in [6.45, 7) is 2.92. The Morgan fingerprint density at radius 3 is 2.67 bits per heavy atom. The Bertz CT molecular complexity index is 178. The van der Waals surface area contributed by atoms with E-state index in [1.54, 1.807) is 0 Å². The number of alkyl halides is 1. The molecule has 1 N–H and O–H groups in total. The maximum atomic E-state index is 10.2. The predicted octanol–water partition coefficient (Wildman–Crippen LogP) is 1.32. The summed E-state index contributed by atoms with van der Waals surface area (Å²) in [5.41, 5.74) is -0.236. The van der Waals surface area contributed by atoms with Crippen molar-refractivity contribution in [1.82, 2.24) is 0 Å². The van der Waals surface area contributed by atoms with Crippen LogP contribution < -0.4 is 0 Å². The van der Waals surface area contributed by atoms with Gasteiger partial charge in [-0.1, -0.05) is 6.92 Å². The van der Waals surface area contributed by atoms with Crippen molar-refractivity contribution < 1.29 is 19.4 Å². The first-order valence-corrected chi connectivity index (χ1v) is 4.15. The van der Waals surface area contributed by atoms with Crippen molar-refractivity contribution in [1.29, 1.82) is 0 Å². The normalized spacial score (nSPS) is 22.5. The van der Waals surface area contributed by atoms with E-state index >= 15 is 0 Å². The first-order chi connectivity index (χ1) is 5.58. The van der Waals surface area contributed by atoms with Crippen molar-refractivity contribution in [2.75, 3.05) is 19.1 Å². The van der Waals surface area contributed by atoms with Crippen molar-refractivity contribution in [2.45, 2.75) is 13.0 Å². The van der Waals surface area contributed by atoms with Gasteiger partial charge in [0.15, 0.2) is 0 Å². The van der Waals surface area contributed by atoms with Crippen LogP contribution in [-0.4, -0.2) is 36.5 Å². The van der Waals surface area contributed by atoms with Crippen LogP contribution in [0.25, 0.3) is 0 Å². The third kappa shape index (κ3) is 1.81. The van der Waals surface area contributed by atoms with Crippen LogP contribution in [0.4, 0.5) is 4.79 Å². The summed E-state index contributed by atoms with van der Waals surface area (Å²) in [4.78, 5) is 10.2. The number of hydrogen-bond acceptors (Lipinski definition) is 3. The highest BCUT2D eigenvalue weighted by atomic mass is 35.5. The summed E-state index contributed by atoms with van der Waals surface area (Å²) >= 11 is 5.56. The van der Waals surface area contributed by atoms with Crippen LogP contribution in [0.2, 0.25) is 0 Å². The summed E-state index contributed by atoms with van der Waals surface area (Å²) in [7, 11) is 0. The Morgan fingerprint density at radius 1 is 1.83 bits per heavy atom. The maximum absolute atomic E-state index is 10.2. The average Bonchev–Trinajstić information content (AvgIpc) is 1.95. The second kappa shape index (κ2) is 3.49. The van der Waals surface area contributed by atoms with E-state index in [2.05, 4.69) is 4.74 Å². The van der Waals surface area contributed by atoms with E-state index < -0.39 is 12.3 Å². The van der Waals surface area contributed by atoms with Gasteiger partial charge in [0, 0.05) is 0 Å². The monoisotopic (exact) mass is 194 g/mol. The molecular weight excluding hydrogens is 184 g/mol. The zero-order chi connectivity index (χ0) is 9.19. The highest BCUT2D eigenvalue weighted by Crippen LogP contribution is 2.33. The van der Waals surface area contributed by atoms with Crippen molar-refractivity contribution in [3.63, 3.8) is 0 Å². The standard InChI is InChI=1S/C7H11ClO4/c1-7(3-11-4-7)5(2-8)12-6(9)10/h5H,2-4H2,1H3,(H,9,10). The van der Waals surface area contributed by atoms with Crippen LogP contribution in [0.5, 0.6) is 0 Å². The number of halogens is 1. The summed E-state index contributed by atoms with van der Waals surface area (Å²) in [5, 5.41) is 8.38. The first-order valence-electron chi connectivity index (χ1n) is 3.62. The molecule has 12 heavy (non-hydrogen) atoms. The van der Waals surface area contributed by atoms with Gasteiger partial charge < -0.3 is 14.6 Å². The van der Waals surface area contributed by atoms with Gasteiger partial charge in [-0.15, -0.1) is 11.6 Å². The summed E-state index contributed by atoms with van der Waals surface area (Å²) < 4.78 is 9.58. The quantitative estimate of drug-likeness (QED) is 0.544. The van der Waals surface area contributed by atoms with Gasteiger partial charge in [-0.3, -0.25) is 0 Å². The molecule has 1 saturated heterocycles. The van der Waals surface area contributed by atoms with E-state index in [4.69, 9.17) is 21.4 Å². The maximum Gasteiger partial charge on any atom is 0.506 e. The van der Waals surface area contributed by atoms with Gasteiger partial charge in [0.1, 0.15) is 6.10 Å². The molecular formula is C7H11ClO4. The van der Waals surface area contributed by atoms with Gasteiger partial charge in [-0.05, 0) is 0 Å². The van der Waals surface area contributed by atoms with Gasteiger partial charge in [-0.25, -0.2) is 4.79 Å². The summed E-state index contributed by atoms with van der Waals surface area (Å²) in [6.07, 6.45) is -1.75. The van der Waals surface area contributed by atoms with Crippen LogP contribution in [0, 0.1) is 5.41 Å². The Labute approximate surface area is 75.4 Å². The van der Waals surface area contributed by atoms with Crippen LogP contribution >= 0.6 is 11.6 Å². The van der Waals surface area contributed by atoms with Crippen LogP contribution in [0.1, 0.15) is 6.92 Å². The fourth-order valence-electron chi connectivity index (χ4n) is 1.09. The molecule has 0 aliphatic carbocycles. The SMILES string of the molecule is CC1(C(CCl)OC(=O)O)COC1. The summed E-state index contributed by atoms with van der Waals surface area (Å²) in [6, 6.07) is 0. The minimum atomic E-state index is -1.28. The molecule has 1 atom stereocenters. The average molecular weight is 195 g/mol. The first kappa shape index (κ1) is 9.61. The van der Waals surface area contributed by atoms with E-state index in [0.717, 1.165) is 0 Å². The lowest BCUT2D eigenvalue weighted by Crippen LogP contribution is -2.51. The molecule has 0 aromatic heterocycles. The van der Waals surface area contributed by atoms with Crippen LogP contribution in [-0.2, 0) is 9.47 Å². The molecule has 0 aromatic rings. The molecule has 0 spiro atoms. The molecule has 70 valence electrons. The number of hydrogen-bond donors (Lipinski definition) is 1. The van der Waals surface area contributed by atoms with Gasteiger partial charge in [0.05, 0.1) is 24.5 Å². The molecule has 4 nitrogen and oxygen atoms in total. The second-order valence-electron chi connectivity index (χ2n) is 3.17. The largest absolute Gasteiger partial charge is 0.506 e. The van der Waals surface area contributed by atoms with E-state index in [9.17, 15) is 4.79 Å². The van der Waals surface area contributed by atoms with E-state index in [0.29, 0.717) is 13.2 Å². The molecule has 0 amide bonds. The van der Waals surface area contributed by atoms with Crippen molar-refractivity contribution in [2.24, 2.45) is 5.41 Å². The Balaban J connectivity index is 2.49. The third-order valence-corrected chi connectivity index (χ3v) is 2.30. The molecule has 1 aliphatic heterocycles. The lowest BCUT2D eigenvalue weighted by atomic mass is 9.83. The number of rotatable bonds is 3. The highest BCUT2D eigenvalue weighted by molar-refractivity contribution is 6.18. The Kier molecular flexibility index (Phi) is 2.80. The van der Waals surface area contributed by atoms with E-state index in [1.807, 2.05) is 6.92 Å². The molecule has 0 bridgehead atoms. The Morgan fingerprint density at radius 2 is 2.42 bits per heavy atom. The van der Waals surface area contributed by atoms with Crippen molar-refractivity contribution >= 4 is 17.8 Å². The molecule has 5 heteroatoms. The predicted molar refractivity (Wildman–Crippen MR) is 42.5 cm³/mol. The fraction of sp³-hybridized carbons (Fsp3) is 0.857. The molecule has 0 radical (unpaired) electrons. The van der Waals surface area contributed by atoms with Gasteiger partial charge in [0.2, 0.25) is 0 Å². The minimum absolute atomic E-state index is 0.173. The third-order valence-electron chi connectivity index (χ3n) is 2.02. The second-order valence-corrected chi connectivity index (χ2v) is 3.48. The lowest BCUT2D eigenvalue weighted by Gasteiger charge is -2.42. The molecule has 1 rings (SSSR count). The van der Waals surface area contributed by atoms with E-state index in [-0.39, 0.29) is 11.3 Å². The van der Waals surface area contributed by atoms with Crippen molar-refractivity contribution in [3.05, 3.63) is 0 Å². The molecule has 1 aliphatic rings. The highest BCUT2D eigenvalue weighted by Gasteiger charge is 2.43. The summed E-state index contributed by atoms with van der Waals surface area (Å²) in [5.74, 6) is 0.173. The topological polar surface area (TPSA) is 55.8 Å². The molecule has 1 heterocycles. The molecule has 1 fully saturated rings. The van der Waals surface area contributed by atoms with Crippen LogP contribution in [0.3, 0.4) is 0 Å². The fourth-order valence-corrected chi connectivity index (χ4v) is 1.53. The molecule has 0 saturated carbocycles. The molecule has 1 unspecified atom stereocenters. The smallest absolute Gasteiger partial charge is 0.450 e. The van der Waals surface area contributed by atoms with Gasteiger partial charge in [0.25, 0.3) is 0 Å². The van der Waals surface area contributed by atoms with Gasteiger partial charge in [-0.2, -0.15) is 0 Å². The van der Waals surface area contributed by atoms with Crippen molar-refractivity contribution in [3.8, 4) is 0 Å². The van der Waals surface area contributed by atoms with E-state index in [1.165, 1.54) is 0 Å². The lowest BCUT2D eigenvalue weighted by molar-refractivity contribution is -0.158. The number of carbonyl (C=O) groups is 1. The number of carboxylic acid groups (broad SMARTS) is 1. The molecule has 0 aromatic carbocycles. The number of ether oxygens (including phenoxy) is 2. The Hall–Kier alpha value is -0.480. The zero-order valence-corrected chi connectivity index (χ0v) is 7.50. The zero-order valence-electron chi connectivity index (χ0n) is 6.75. The minimum Gasteiger partial charge on any atom is -0.450 e. The van der Waals surface area contributed by atoms with Gasteiger partial charge >= 0.3 is 6.16 Å².